The monoisotopic (exact) mass is 337 g/mol. The highest BCUT2D eigenvalue weighted by Gasteiger charge is 2.31. The smallest absolute Gasteiger partial charge is 0.0543 e. The Labute approximate surface area is 139 Å². The molecular formula is C17H17Cl2NS. The van der Waals surface area contributed by atoms with E-state index in [1.165, 1.54) is 11.1 Å². The van der Waals surface area contributed by atoms with E-state index in [0.717, 1.165) is 16.3 Å². The van der Waals surface area contributed by atoms with E-state index in [1.54, 1.807) is 11.8 Å². The van der Waals surface area contributed by atoms with Crippen molar-refractivity contribution < 1.29 is 0 Å². The summed E-state index contributed by atoms with van der Waals surface area (Å²) in [5.74, 6) is 0.511. The van der Waals surface area contributed by atoms with E-state index in [1.807, 2.05) is 18.2 Å². The number of halogens is 2. The van der Waals surface area contributed by atoms with E-state index in [4.69, 9.17) is 28.9 Å². The Hall–Kier alpha value is -0.670. The largest absolute Gasteiger partial charge is 0.323 e. The lowest BCUT2D eigenvalue weighted by Crippen LogP contribution is -2.30. The first kappa shape index (κ1) is 15.2. The quantitative estimate of drug-likeness (QED) is 0.764. The number of hydrogen-bond acceptors (Lipinski definition) is 2. The van der Waals surface area contributed by atoms with Gasteiger partial charge >= 0.3 is 0 Å². The van der Waals surface area contributed by atoms with Crippen molar-refractivity contribution in [1.29, 1.82) is 0 Å². The van der Waals surface area contributed by atoms with Crippen LogP contribution >= 0.6 is 35.0 Å². The fraction of sp³-hybridized carbons (Fsp3) is 0.294. The van der Waals surface area contributed by atoms with E-state index < -0.39 is 0 Å². The van der Waals surface area contributed by atoms with Crippen molar-refractivity contribution in [3.63, 3.8) is 0 Å². The van der Waals surface area contributed by atoms with Gasteiger partial charge in [-0.15, -0.1) is 11.8 Å². The molecule has 0 bridgehead atoms. The molecule has 0 heterocycles. The Bertz CT molecular complexity index is 659. The number of rotatable bonds is 2. The van der Waals surface area contributed by atoms with E-state index in [0.29, 0.717) is 16.2 Å². The molecule has 0 spiro atoms. The number of thioether (sulfide) groups is 1. The summed E-state index contributed by atoms with van der Waals surface area (Å²) in [4.78, 5) is 1.01. The van der Waals surface area contributed by atoms with Gasteiger partial charge in [0, 0.05) is 21.2 Å². The van der Waals surface area contributed by atoms with Crippen molar-refractivity contribution >= 4 is 35.0 Å². The molecule has 0 amide bonds. The second-order valence-corrected chi connectivity index (χ2v) is 7.65. The van der Waals surface area contributed by atoms with Crippen LogP contribution in [0.3, 0.4) is 0 Å². The molecule has 2 aromatic carbocycles. The summed E-state index contributed by atoms with van der Waals surface area (Å²) in [6.07, 6.45) is 1.05. The number of nitrogens with two attached hydrogens (primary N) is 1. The summed E-state index contributed by atoms with van der Waals surface area (Å²) in [7, 11) is 0. The van der Waals surface area contributed by atoms with Crippen molar-refractivity contribution in [3.8, 4) is 0 Å². The van der Waals surface area contributed by atoms with Crippen LogP contribution in [0, 0.1) is 0 Å². The molecule has 3 atom stereocenters. The number of hydrogen-bond donors (Lipinski definition) is 1. The van der Waals surface area contributed by atoms with Gasteiger partial charge < -0.3 is 5.73 Å². The molecule has 2 N–H and O–H groups in total. The van der Waals surface area contributed by atoms with Gasteiger partial charge in [0.2, 0.25) is 0 Å². The third kappa shape index (κ3) is 3.09. The zero-order valence-electron chi connectivity index (χ0n) is 11.7. The first-order valence-electron chi connectivity index (χ1n) is 7.02. The first-order valence-corrected chi connectivity index (χ1v) is 8.66. The van der Waals surface area contributed by atoms with Gasteiger partial charge in [-0.1, -0.05) is 54.4 Å². The van der Waals surface area contributed by atoms with Crippen LogP contribution in [-0.4, -0.2) is 5.25 Å². The van der Waals surface area contributed by atoms with Crippen LogP contribution in [0.1, 0.15) is 36.4 Å². The minimum atomic E-state index is 0.0254. The third-order valence-electron chi connectivity index (χ3n) is 4.04. The van der Waals surface area contributed by atoms with Crippen molar-refractivity contribution in [2.75, 3.05) is 0 Å². The van der Waals surface area contributed by atoms with Gasteiger partial charge in [-0.25, -0.2) is 0 Å². The van der Waals surface area contributed by atoms with Crippen LogP contribution in [0.2, 0.25) is 10.0 Å². The average molecular weight is 338 g/mol. The number of benzene rings is 2. The van der Waals surface area contributed by atoms with Crippen LogP contribution in [-0.2, 0) is 0 Å². The van der Waals surface area contributed by atoms with E-state index in [-0.39, 0.29) is 6.04 Å². The van der Waals surface area contributed by atoms with Crippen molar-refractivity contribution in [2.24, 2.45) is 5.73 Å². The highest BCUT2D eigenvalue weighted by molar-refractivity contribution is 8.00. The molecule has 2 aromatic rings. The summed E-state index contributed by atoms with van der Waals surface area (Å²) >= 11 is 14.1. The Morgan fingerprint density at radius 1 is 1.10 bits per heavy atom. The Kier molecular flexibility index (Phi) is 4.51. The van der Waals surface area contributed by atoms with Crippen molar-refractivity contribution in [2.45, 2.75) is 35.4 Å². The lowest BCUT2D eigenvalue weighted by Gasteiger charge is -2.34. The van der Waals surface area contributed by atoms with E-state index in [9.17, 15) is 0 Å². The van der Waals surface area contributed by atoms with Gasteiger partial charge in [-0.05, 0) is 41.7 Å². The predicted octanol–water partition coefficient (Wildman–Crippen LogP) is 5.66. The van der Waals surface area contributed by atoms with E-state index in [2.05, 4.69) is 31.2 Å². The minimum absolute atomic E-state index is 0.0254. The third-order valence-corrected chi connectivity index (χ3v) is 6.10. The molecule has 0 aromatic heterocycles. The summed E-state index contributed by atoms with van der Waals surface area (Å²) in [5.41, 5.74) is 9.12. The maximum absolute atomic E-state index is 6.49. The molecule has 0 fully saturated rings. The lowest BCUT2D eigenvalue weighted by molar-refractivity contribution is 0.527. The highest BCUT2D eigenvalue weighted by atomic mass is 35.5. The average Bonchev–Trinajstić information content (AvgIpc) is 2.48. The summed E-state index contributed by atoms with van der Waals surface area (Å²) in [5, 5.41) is 1.76. The molecule has 3 rings (SSSR count). The molecule has 0 radical (unpaired) electrons. The molecule has 0 saturated carbocycles. The predicted molar refractivity (Wildman–Crippen MR) is 92.5 cm³/mol. The maximum Gasteiger partial charge on any atom is 0.0543 e. The normalized spacial score (nSPS) is 24.7. The molecule has 3 unspecified atom stereocenters. The van der Waals surface area contributed by atoms with Crippen LogP contribution in [0.4, 0.5) is 0 Å². The molecule has 4 heteroatoms. The SMILES string of the molecule is CC1CC(Sc2cc(Cl)ccc2Cl)C(N)c2ccccc21. The molecule has 1 aliphatic rings. The van der Waals surface area contributed by atoms with Gasteiger partial charge in [0.05, 0.1) is 5.02 Å². The maximum atomic E-state index is 6.49. The van der Waals surface area contributed by atoms with Gasteiger partial charge in [0.25, 0.3) is 0 Å². The summed E-state index contributed by atoms with van der Waals surface area (Å²) < 4.78 is 0. The zero-order chi connectivity index (χ0) is 15.0. The minimum Gasteiger partial charge on any atom is -0.323 e. The molecule has 1 nitrogen and oxygen atoms in total. The summed E-state index contributed by atoms with van der Waals surface area (Å²) in [6.45, 7) is 2.26. The molecule has 0 aliphatic heterocycles. The van der Waals surface area contributed by atoms with Crippen LogP contribution in [0.5, 0.6) is 0 Å². The second-order valence-electron chi connectivity index (χ2n) is 5.52. The Morgan fingerprint density at radius 2 is 1.81 bits per heavy atom. The van der Waals surface area contributed by atoms with Gasteiger partial charge in [-0.2, -0.15) is 0 Å². The van der Waals surface area contributed by atoms with Crippen LogP contribution in [0.15, 0.2) is 47.4 Å². The lowest BCUT2D eigenvalue weighted by atomic mass is 9.81. The van der Waals surface area contributed by atoms with Crippen molar-refractivity contribution in [1.82, 2.24) is 0 Å². The molecule has 0 saturated heterocycles. The van der Waals surface area contributed by atoms with Crippen molar-refractivity contribution in [3.05, 3.63) is 63.6 Å². The molecule has 21 heavy (non-hydrogen) atoms. The first-order chi connectivity index (χ1) is 10.1. The molecular weight excluding hydrogens is 321 g/mol. The zero-order valence-corrected chi connectivity index (χ0v) is 14.1. The Balaban J connectivity index is 1.89. The Morgan fingerprint density at radius 3 is 2.57 bits per heavy atom. The van der Waals surface area contributed by atoms with E-state index >= 15 is 0 Å². The highest BCUT2D eigenvalue weighted by Crippen LogP contribution is 2.45. The van der Waals surface area contributed by atoms with Gasteiger partial charge in [0.1, 0.15) is 0 Å². The molecule has 110 valence electrons. The standard InChI is InChI=1S/C17H17Cl2NS/c1-10-8-16(17(20)13-5-3-2-4-12(10)13)21-15-9-11(18)6-7-14(15)19/h2-7,9-10,16-17H,8,20H2,1H3. The second kappa shape index (κ2) is 6.21. The van der Waals surface area contributed by atoms with Gasteiger partial charge in [0.15, 0.2) is 0 Å². The van der Waals surface area contributed by atoms with Crippen LogP contribution < -0.4 is 5.73 Å². The van der Waals surface area contributed by atoms with Crippen LogP contribution in [0.25, 0.3) is 0 Å². The summed E-state index contributed by atoms with van der Waals surface area (Å²) in [6, 6.07) is 14.1. The van der Waals surface area contributed by atoms with Gasteiger partial charge in [-0.3, -0.25) is 0 Å². The molecule has 1 aliphatic carbocycles. The fourth-order valence-electron chi connectivity index (χ4n) is 2.94. The topological polar surface area (TPSA) is 26.0 Å². The fourth-order valence-corrected chi connectivity index (χ4v) is 4.81. The number of fused-ring (bicyclic) bond motifs is 1.